The molecule has 16 heavy (non-hydrogen) atoms. The lowest BCUT2D eigenvalue weighted by atomic mass is 10.2. The summed E-state index contributed by atoms with van der Waals surface area (Å²) < 4.78 is 4.91. The van der Waals surface area contributed by atoms with Crippen LogP contribution in [0.5, 0.6) is 0 Å². The third-order valence-electron chi connectivity index (χ3n) is 2.75. The normalized spacial score (nSPS) is 23.4. The number of terminal acetylenes is 1. The second-order valence-corrected chi connectivity index (χ2v) is 3.73. The molecule has 2 rings (SSSR count). The first-order valence-electron chi connectivity index (χ1n) is 5.12. The second-order valence-electron chi connectivity index (χ2n) is 3.73. The van der Waals surface area contributed by atoms with E-state index in [1.165, 1.54) is 0 Å². The number of nitrogens with one attached hydrogen (secondary N) is 1. The van der Waals surface area contributed by atoms with Gasteiger partial charge in [0, 0.05) is 19.6 Å². The Labute approximate surface area is 93.5 Å². The van der Waals surface area contributed by atoms with Gasteiger partial charge in [0.15, 0.2) is 0 Å². The number of ether oxygens (including phenoxy) is 1. The standard InChI is InChI=1S/C10H13N3O3/c1-2-3-11-9(14)12-4-5-13-8(6-12)7-16-10(13)15/h1,8H,3-7H2,(H,11,14). The Morgan fingerprint density at radius 1 is 1.62 bits per heavy atom. The van der Waals surface area contributed by atoms with Gasteiger partial charge in [0.2, 0.25) is 0 Å². The summed E-state index contributed by atoms with van der Waals surface area (Å²) in [7, 11) is 0. The van der Waals surface area contributed by atoms with Gasteiger partial charge >= 0.3 is 12.1 Å². The molecule has 0 spiro atoms. The van der Waals surface area contributed by atoms with E-state index in [0.717, 1.165) is 0 Å². The zero-order valence-electron chi connectivity index (χ0n) is 8.81. The van der Waals surface area contributed by atoms with Gasteiger partial charge in [-0.3, -0.25) is 4.90 Å². The number of rotatable bonds is 1. The molecule has 0 saturated carbocycles. The van der Waals surface area contributed by atoms with Gasteiger partial charge in [-0.2, -0.15) is 0 Å². The van der Waals surface area contributed by atoms with E-state index in [1.807, 2.05) is 0 Å². The molecular formula is C10H13N3O3. The van der Waals surface area contributed by atoms with Crippen LogP contribution in [0.3, 0.4) is 0 Å². The number of fused-ring (bicyclic) bond motifs is 1. The molecule has 0 aromatic heterocycles. The molecule has 1 unspecified atom stereocenters. The van der Waals surface area contributed by atoms with Gasteiger partial charge in [0.05, 0.1) is 12.6 Å². The van der Waals surface area contributed by atoms with E-state index < -0.39 is 0 Å². The molecule has 2 aliphatic heterocycles. The first-order chi connectivity index (χ1) is 7.72. The number of cyclic esters (lactones) is 1. The highest BCUT2D eigenvalue weighted by Gasteiger charge is 2.38. The van der Waals surface area contributed by atoms with Crippen LogP contribution in [0.25, 0.3) is 0 Å². The van der Waals surface area contributed by atoms with Crippen LogP contribution in [0.15, 0.2) is 0 Å². The van der Waals surface area contributed by atoms with Gasteiger partial charge < -0.3 is 15.0 Å². The fourth-order valence-corrected chi connectivity index (χ4v) is 1.91. The fourth-order valence-electron chi connectivity index (χ4n) is 1.91. The minimum Gasteiger partial charge on any atom is -0.447 e. The largest absolute Gasteiger partial charge is 0.447 e. The number of nitrogens with zero attached hydrogens (tertiary/aromatic N) is 2. The summed E-state index contributed by atoms with van der Waals surface area (Å²) in [6.45, 7) is 2.12. The molecule has 2 heterocycles. The zero-order valence-corrected chi connectivity index (χ0v) is 8.81. The van der Waals surface area contributed by atoms with Crippen molar-refractivity contribution in [2.75, 3.05) is 32.8 Å². The van der Waals surface area contributed by atoms with Crippen molar-refractivity contribution in [1.82, 2.24) is 15.1 Å². The molecule has 0 aromatic carbocycles. The van der Waals surface area contributed by atoms with Gasteiger partial charge in [-0.1, -0.05) is 5.92 Å². The van der Waals surface area contributed by atoms with Crippen molar-refractivity contribution < 1.29 is 14.3 Å². The van der Waals surface area contributed by atoms with Gasteiger partial charge in [-0.15, -0.1) is 6.42 Å². The molecule has 2 saturated heterocycles. The molecule has 2 aliphatic rings. The molecule has 6 nitrogen and oxygen atoms in total. The minimum absolute atomic E-state index is 0.0159. The van der Waals surface area contributed by atoms with Crippen molar-refractivity contribution in [3.05, 3.63) is 0 Å². The number of amides is 3. The molecule has 3 amide bonds. The van der Waals surface area contributed by atoms with E-state index in [4.69, 9.17) is 11.2 Å². The van der Waals surface area contributed by atoms with Crippen LogP contribution in [0, 0.1) is 12.3 Å². The number of hydrogen-bond acceptors (Lipinski definition) is 3. The van der Waals surface area contributed by atoms with E-state index in [9.17, 15) is 9.59 Å². The van der Waals surface area contributed by atoms with Crippen LogP contribution >= 0.6 is 0 Å². The lowest BCUT2D eigenvalue weighted by molar-refractivity contribution is 0.127. The third-order valence-corrected chi connectivity index (χ3v) is 2.75. The molecule has 0 aromatic rings. The van der Waals surface area contributed by atoms with Crippen molar-refractivity contribution in [2.45, 2.75) is 6.04 Å². The maximum Gasteiger partial charge on any atom is 0.410 e. The molecular weight excluding hydrogens is 210 g/mol. The lowest BCUT2D eigenvalue weighted by Crippen LogP contribution is -2.55. The van der Waals surface area contributed by atoms with Crippen molar-refractivity contribution in [3.63, 3.8) is 0 Å². The van der Waals surface area contributed by atoms with Gasteiger partial charge in [-0.05, 0) is 0 Å². The van der Waals surface area contributed by atoms with Crippen LogP contribution in [0.4, 0.5) is 9.59 Å². The predicted octanol–water partition coefficient (Wildman–Crippen LogP) is -0.534. The Balaban J connectivity index is 1.89. The quantitative estimate of drug-likeness (QED) is 0.608. The Hall–Kier alpha value is -1.90. The van der Waals surface area contributed by atoms with Gasteiger partial charge in [-0.25, -0.2) is 9.59 Å². The number of piperazine rings is 1. The minimum atomic E-state index is -0.284. The summed E-state index contributed by atoms with van der Waals surface area (Å²) in [5.41, 5.74) is 0. The zero-order chi connectivity index (χ0) is 11.5. The monoisotopic (exact) mass is 223 g/mol. The van der Waals surface area contributed by atoms with Gasteiger partial charge in [0.1, 0.15) is 6.61 Å². The van der Waals surface area contributed by atoms with Crippen LogP contribution in [-0.2, 0) is 4.74 Å². The number of carbonyl (C=O) groups excluding carboxylic acids is 2. The van der Waals surface area contributed by atoms with E-state index in [0.29, 0.717) is 26.2 Å². The third kappa shape index (κ3) is 1.89. The van der Waals surface area contributed by atoms with Crippen molar-refractivity contribution in [2.24, 2.45) is 0 Å². The number of hydrogen-bond donors (Lipinski definition) is 1. The fraction of sp³-hybridized carbons (Fsp3) is 0.600. The Morgan fingerprint density at radius 2 is 2.44 bits per heavy atom. The van der Waals surface area contributed by atoms with Crippen molar-refractivity contribution in [1.29, 1.82) is 0 Å². The SMILES string of the molecule is C#CCNC(=O)N1CCN2C(=O)OCC2C1. The van der Waals surface area contributed by atoms with E-state index in [-0.39, 0.29) is 24.7 Å². The molecule has 0 bridgehead atoms. The van der Waals surface area contributed by atoms with Crippen LogP contribution in [-0.4, -0.2) is 60.8 Å². The first kappa shape index (κ1) is 10.6. The van der Waals surface area contributed by atoms with Crippen LogP contribution in [0.1, 0.15) is 0 Å². The molecule has 86 valence electrons. The summed E-state index contributed by atoms with van der Waals surface area (Å²) in [5.74, 6) is 2.34. The summed E-state index contributed by atoms with van der Waals surface area (Å²) in [4.78, 5) is 26.1. The molecule has 0 aliphatic carbocycles. The highest BCUT2D eigenvalue weighted by atomic mass is 16.6. The average molecular weight is 223 g/mol. The first-order valence-corrected chi connectivity index (χ1v) is 5.12. The summed E-state index contributed by atoms with van der Waals surface area (Å²) in [6.07, 6.45) is 4.77. The molecule has 0 radical (unpaired) electrons. The highest BCUT2D eigenvalue weighted by Crippen LogP contribution is 2.17. The molecule has 1 atom stereocenters. The van der Waals surface area contributed by atoms with Crippen molar-refractivity contribution in [3.8, 4) is 12.3 Å². The summed E-state index contributed by atoms with van der Waals surface area (Å²) in [5, 5.41) is 2.60. The Kier molecular flexibility index (Phi) is 2.86. The van der Waals surface area contributed by atoms with Crippen LogP contribution in [0.2, 0.25) is 0 Å². The van der Waals surface area contributed by atoms with Crippen LogP contribution < -0.4 is 5.32 Å². The summed E-state index contributed by atoms with van der Waals surface area (Å²) in [6, 6.07) is -0.199. The highest BCUT2D eigenvalue weighted by molar-refractivity contribution is 5.76. The maximum absolute atomic E-state index is 11.6. The predicted molar refractivity (Wildman–Crippen MR) is 55.6 cm³/mol. The second kappa shape index (κ2) is 4.31. The maximum atomic E-state index is 11.6. The van der Waals surface area contributed by atoms with E-state index in [2.05, 4.69) is 11.2 Å². The lowest BCUT2D eigenvalue weighted by Gasteiger charge is -2.35. The average Bonchev–Trinajstić information content (AvgIpc) is 2.67. The number of urea groups is 1. The Bertz CT molecular complexity index is 350. The molecule has 6 heteroatoms. The van der Waals surface area contributed by atoms with Gasteiger partial charge in [0.25, 0.3) is 0 Å². The smallest absolute Gasteiger partial charge is 0.410 e. The topological polar surface area (TPSA) is 61.9 Å². The van der Waals surface area contributed by atoms with E-state index >= 15 is 0 Å². The molecule has 2 fully saturated rings. The number of carbonyl (C=O) groups is 2. The summed E-state index contributed by atoms with van der Waals surface area (Å²) >= 11 is 0. The Morgan fingerprint density at radius 3 is 3.19 bits per heavy atom. The van der Waals surface area contributed by atoms with Crippen molar-refractivity contribution >= 4 is 12.1 Å². The molecule has 1 N–H and O–H groups in total. The van der Waals surface area contributed by atoms with E-state index in [1.54, 1.807) is 9.80 Å².